The second kappa shape index (κ2) is 6.26. The molecule has 0 N–H and O–H groups in total. The number of methoxy groups -OCH3 is 2. The number of benzene rings is 1. The number of halogens is 4. The number of ether oxygens (including phenoxy) is 2. The van der Waals surface area contributed by atoms with Gasteiger partial charge in [-0.2, -0.15) is 0 Å². The van der Waals surface area contributed by atoms with Crippen molar-refractivity contribution >= 4 is 52.3 Å². The van der Waals surface area contributed by atoms with Gasteiger partial charge in [-0.15, -0.1) is 0 Å². The van der Waals surface area contributed by atoms with Gasteiger partial charge >= 0.3 is 29.6 Å². The fourth-order valence-corrected chi connectivity index (χ4v) is 2.81. The third-order valence-corrected chi connectivity index (χ3v) is 4.40. The summed E-state index contributed by atoms with van der Waals surface area (Å²) in [5.74, 6) is -2.26. The van der Waals surface area contributed by atoms with Crippen molar-refractivity contribution in [3.63, 3.8) is 0 Å². The Morgan fingerprint density at radius 3 is 1.89 bits per heavy atom. The molecule has 1 aliphatic rings. The maximum atomic E-state index is 11.9. The van der Waals surface area contributed by atoms with Crippen LogP contribution in [0.1, 0.15) is 15.9 Å². The third-order valence-electron chi connectivity index (χ3n) is 2.60. The zero-order chi connectivity index (χ0) is 13.7. The van der Waals surface area contributed by atoms with E-state index in [-0.39, 0.29) is 60.8 Å². The second-order valence-electron chi connectivity index (χ2n) is 3.41. The Labute approximate surface area is 151 Å². The number of fused-ring (bicyclic) bond motifs is 1. The molecule has 0 bridgehead atoms. The van der Waals surface area contributed by atoms with E-state index in [0.29, 0.717) is 0 Å². The van der Waals surface area contributed by atoms with E-state index in [1.54, 1.807) is 0 Å². The molecule has 0 atom stereocenters. The van der Waals surface area contributed by atoms with Crippen LogP contribution in [0.15, 0.2) is 0 Å². The molecule has 0 radical (unpaired) electrons. The molecule has 1 aromatic rings. The zero-order valence-electron chi connectivity index (χ0n) is 10.2. The first-order valence-electron chi connectivity index (χ1n) is 4.63. The first-order chi connectivity index (χ1) is 8.39. The van der Waals surface area contributed by atoms with E-state index in [2.05, 4.69) is 5.32 Å². The minimum absolute atomic E-state index is 0. The number of hydrogen-bond acceptors (Lipinski definition) is 3. The summed E-state index contributed by atoms with van der Waals surface area (Å²) in [7, 11) is 2.64. The van der Waals surface area contributed by atoms with E-state index in [4.69, 9.17) is 55.9 Å². The van der Waals surface area contributed by atoms with Crippen molar-refractivity contribution in [3.8, 4) is 0 Å². The summed E-state index contributed by atoms with van der Waals surface area (Å²) in [5, 5.41) is 3.78. The van der Waals surface area contributed by atoms with Gasteiger partial charge in [0.1, 0.15) is 5.91 Å². The molecule has 2 rings (SSSR count). The summed E-state index contributed by atoms with van der Waals surface area (Å²) in [4.78, 5) is 11.9. The van der Waals surface area contributed by atoms with Crippen LogP contribution in [-0.2, 0) is 15.4 Å². The molecule has 0 saturated heterocycles. The molecular weight excluding hydrogens is 347 g/mol. The Kier molecular flexibility index (Phi) is 5.87. The summed E-state index contributed by atoms with van der Waals surface area (Å²) in [6, 6.07) is 0. The Hall–Kier alpha value is 0.770. The Bertz CT molecular complexity index is 548. The van der Waals surface area contributed by atoms with Gasteiger partial charge in [0.2, 0.25) is 0 Å². The Balaban J connectivity index is 0.00000180. The molecule has 0 spiro atoms. The van der Waals surface area contributed by atoms with Crippen LogP contribution >= 0.6 is 46.4 Å². The minimum atomic E-state index is -1.64. The normalized spacial score (nSPS) is 15.8. The molecule has 0 unspecified atom stereocenters. The van der Waals surface area contributed by atoms with Crippen molar-refractivity contribution in [1.29, 1.82) is 0 Å². The molecular formula is C10H6Cl4NNaO3. The van der Waals surface area contributed by atoms with Gasteiger partial charge < -0.3 is 19.6 Å². The molecule has 98 valence electrons. The van der Waals surface area contributed by atoms with Gasteiger partial charge in [-0.3, -0.25) is 0 Å². The second-order valence-corrected chi connectivity index (χ2v) is 4.92. The largest absolute Gasteiger partial charge is 1.00 e. The molecule has 0 aliphatic carbocycles. The van der Waals surface area contributed by atoms with E-state index < -0.39 is 11.8 Å². The summed E-state index contributed by atoms with van der Waals surface area (Å²) < 4.78 is 10.2. The number of nitrogens with zero attached hydrogens (tertiary/aromatic N) is 1. The van der Waals surface area contributed by atoms with E-state index in [1.807, 2.05) is 0 Å². The molecule has 9 heteroatoms. The molecule has 1 heterocycles. The predicted octanol–water partition coefficient (Wildman–Crippen LogP) is 1.23. The van der Waals surface area contributed by atoms with Gasteiger partial charge in [0.15, 0.2) is 0 Å². The predicted molar refractivity (Wildman–Crippen MR) is 69.9 cm³/mol. The van der Waals surface area contributed by atoms with Crippen molar-refractivity contribution in [2.24, 2.45) is 0 Å². The molecule has 1 aromatic carbocycles. The van der Waals surface area contributed by atoms with Crippen molar-refractivity contribution in [3.05, 3.63) is 36.5 Å². The van der Waals surface area contributed by atoms with Crippen LogP contribution in [0, 0.1) is 0 Å². The fourth-order valence-electron chi connectivity index (χ4n) is 1.75. The zero-order valence-corrected chi connectivity index (χ0v) is 15.2. The quantitative estimate of drug-likeness (QED) is 0.348. The van der Waals surface area contributed by atoms with Gasteiger partial charge in [-0.1, -0.05) is 46.4 Å². The molecule has 1 aliphatic heterocycles. The van der Waals surface area contributed by atoms with Crippen molar-refractivity contribution in [2.45, 2.75) is 5.91 Å². The van der Waals surface area contributed by atoms with Crippen LogP contribution in [0.3, 0.4) is 0 Å². The number of amides is 1. The van der Waals surface area contributed by atoms with Crippen LogP contribution in [0.25, 0.3) is 5.32 Å². The Morgan fingerprint density at radius 1 is 0.947 bits per heavy atom. The third kappa shape index (κ3) is 2.52. The van der Waals surface area contributed by atoms with Gasteiger partial charge in [-0.05, 0) is 0 Å². The Morgan fingerprint density at radius 2 is 1.42 bits per heavy atom. The summed E-state index contributed by atoms with van der Waals surface area (Å²) in [6.45, 7) is 0. The van der Waals surface area contributed by atoms with E-state index in [1.165, 1.54) is 14.2 Å². The van der Waals surface area contributed by atoms with Gasteiger partial charge in [0.25, 0.3) is 0 Å². The number of rotatable bonds is 2. The summed E-state index contributed by atoms with van der Waals surface area (Å²) >= 11 is 23.9. The van der Waals surface area contributed by atoms with Crippen molar-refractivity contribution < 1.29 is 43.8 Å². The van der Waals surface area contributed by atoms with Gasteiger partial charge in [0.05, 0.1) is 26.0 Å². The summed E-state index contributed by atoms with van der Waals surface area (Å²) in [6.07, 6.45) is 0. The average Bonchev–Trinajstić information content (AvgIpc) is 2.67. The van der Waals surface area contributed by atoms with E-state index in [0.717, 1.165) is 0 Å². The molecule has 19 heavy (non-hydrogen) atoms. The number of carbonyl (C=O) groups excluding carboxylic acids is 1. The first-order valence-corrected chi connectivity index (χ1v) is 6.14. The van der Waals surface area contributed by atoms with Crippen LogP contribution in [0.2, 0.25) is 20.1 Å². The summed E-state index contributed by atoms with van der Waals surface area (Å²) in [5.41, 5.74) is 0.207. The maximum Gasteiger partial charge on any atom is 1.00 e. The maximum absolute atomic E-state index is 11.9. The minimum Gasteiger partial charge on any atom is -0.595 e. The van der Waals surface area contributed by atoms with Crippen LogP contribution < -0.4 is 29.6 Å². The van der Waals surface area contributed by atoms with Gasteiger partial charge in [-0.25, -0.2) is 0 Å². The number of hydrogen-bond donors (Lipinski definition) is 0. The average molecular weight is 353 g/mol. The fraction of sp³-hybridized carbons (Fsp3) is 0.300. The van der Waals surface area contributed by atoms with E-state index >= 15 is 0 Å². The first kappa shape index (κ1) is 17.8. The topological polar surface area (TPSA) is 49.6 Å². The van der Waals surface area contributed by atoms with Crippen molar-refractivity contribution in [1.82, 2.24) is 0 Å². The van der Waals surface area contributed by atoms with E-state index in [9.17, 15) is 4.79 Å². The monoisotopic (exact) mass is 351 g/mol. The smallest absolute Gasteiger partial charge is 0.595 e. The molecule has 0 aromatic heterocycles. The molecule has 0 saturated carbocycles. The molecule has 1 amide bonds. The standard InChI is InChI=1S/C10H7Cl4NO3.Na/c1-17-10(18-2)4-3(9(16)15-10)5(11)7(13)8(14)6(4)12;/h1-2H3,(H,15,16);/q;+1/p-1. The SMILES string of the molecule is COC1(OC)[N-]C(=O)c2c(Cl)c(Cl)c(Cl)c(Cl)c21.[Na+]. The van der Waals surface area contributed by atoms with Gasteiger partial charge in [0, 0.05) is 25.3 Å². The number of carbonyl (C=O) groups is 1. The molecule has 0 fully saturated rings. The van der Waals surface area contributed by atoms with Crippen molar-refractivity contribution in [2.75, 3.05) is 14.2 Å². The van der Waals surface area contributed by atoms with Crippen LogP contribution in [0.4, 0.5) is 0 Å². The molecule has 4 nitrogen and oxygen atoms in total. The van der Waals surface area contributed by atoms with Crippen LogP contribution in [0.5, 0.6) is 0 Å². The van der Waals surface area contributed by atoms with Crippen LogP contribution in [-0.4, -0.2) is 20.1 Å².